The van der Waals surface area contributed by atoms with Gasteiger partial charge in [-0.1, -0.05) is 150 Å². The number of carbonyl (C=O) groups excluding carboxylic acids is 2. The maximum atomic E-state index is 12.7. The number of quaternary nitrogens is 1. The van der Waals surface area contributed by atoms with E-state index in [0.717, 1.165) is 51.4 Å². The summed E-state index contributed by atoms with van der Waals surface area (Å²) in [6.07, 6.45) is 49.5. The first-order valence-electron chi connectivity index (χ1n) is 23.4. The van der Waals surface area contributed by atoms with Gasteiger partial charge in [0.15, 0.2) is 6.10 Å². The molecule has 0 bridgehead atoms. The smallest absolute Gasteiger partial charge is 0.462 e. The van der Waals surface area contributed by atoms with Crippen molar-refractivity contribution < 1.29 is 47.2 Å². The second-order valence-electron chi connectivity index (χ2n) is 16.6. The van der Waals surface area contributed by atoms with Crippen LogP contribution in [0.4, 0.5) is 0 Å². The molecular formula is C50H87NO9P+. The molecule has 0 aromatic rings. The first kappa shape index (κ1) is 58.1. The molecule has 2 unspecified atom stereocenters. The van der Waals surface area contributed by atoms with Crippen molar-refractivity contribution in [2.24, 2.45) is 0 Å². The van der Waals surface area contributed by atoms with Gasteiger partial charge in [0, 0.05) is 12.8 Å². The molecule has 0 rings (SSSR count). The van der Waals surface area contributed by atoms with E-state index in [0.29, 0.717) is 30.3 Å². The van der Waals surface area contributed by atoms with Crippen molar-refractivity contribution in [3.63, 3.8) is 0 Å². The van der Waals surface area contributed by atoms with Gasteiger partial charge in [0.05, 0.1) is 33.9 Å². The lowest BCUT2D eigenvalue weighted by molar-refractivity contribution is -0.870. The minimum Gasteiger partial charge on any atom is -0.462 e. The number of allylic oxidation sites excluding steroid dienone is 13. The Morgan fingerprint density at radius 3 is 1.67 bits per heavy atom. The van der Waals surface area contributed by atoms with Crippen LogP contribution in [0.5, 0.6) is 0 Å². The Hall–Kier alpha value is -2.85. The molecule has 0 aromatic carbocycles. The summed E-state index contributed by atoms with van der Waals surface area (Å²) in [4.78, 5) is 35.4. The van der Waals surface area contributed by atoms with Crippen molar-refractivity contribution in [1.29, 1.82) is 0 Å². The van der Waals surface area contributed by atoms with Gasteiger partial charge in [-0.3, -0.25) is 18.6 Å². The normalized spacial score (nSPS) is 14.8. The van der Waals surface area contributed by atoms with Crippen LogP contribution < -0.4 is 0 Å². The molecule has 0 amide bonds. The number of nitrogens with zero attached hydrogens (tertiary/aromatic N) is 1. The highest BCUT2D eigenvalue weighted by atomic mass is 31.2. The van der Waals surface area contributed by atoms with Crippen LogP contribution in [0, 0.1) is 0 Å². The highest BCUT2D eigenvalue weighted by Crippen LogP contribution is 2.43. The molecule has 0 radical (unpaired) electrons. The van der Waals surface area contributed by atoms with Crippen molar-refractivity contribution >= 4 is 19.8 Å². The van der Waals surface area contributed by atoms with Gasteiger partial charge in [0.2, 0.25) is 0 Å². The Kier molecular flexibility index (Phi) is 39.3. The van der Waals surface area contributed by atoms with Crippen LogP contribution in [-0.2, 0) is 32.7 Å². The molecule has 0 aliphatic heterocycles. The maximum absolute atomic E-state index is 12.7. The molecule has 0 spiro atoms. The van der Waals surface area contributed by atoms with E-state index < -0.39 is 38.6 Å². The average molecular weight is 877 g/mol. The summed E-state index contributed by atoms with van der Waals surface area (Å²) in [5, 5.41) is 10.3. The monoisotopic (exact) mass is 877 g/mol. The number of esters is 2. The molecule has 0 saturated carbocycles. The van der Waals surface area contributed by atoms with Crippen molar-refractivity contribution in [1.82, 2.24) is 0 Å². The first-order chi connectivity index (χ1) is 29.4. The Morgan fingerprint density at radius 2 is 1.08 bits per heavy atom. The zero-order valence-corrected chi connectivity index (χ0v) is 39.9. The number of hydrogen-bond donors (Lipinski definition) is 2. The summed E-state index contributed by atoms with van der Waals surface area (Å²) >= 11 is 0. The molecule has 3 atom stereocenters. The molecular weight excluding hydrogens is 790 g/mol. The Morgan fingerprint density at radius 1 is 0.590 bits per heavy atom. The third-order valence-electron chi connectivity index (χ3n) is 9.50. The van der Waals surface area contributed by atoms with Crippen LogP contribution in [0.2, 0.25) is 0 Å². The van der Waals surface area contributed by atoms with E-state index in [4.69, 9.17) is 18.5 Å². The fourth-order valence-electron chi connectivity index (χ4n) is 5.77. The lowest BCUT2D eigenvalue weighted by atomic mass is 10.1. The SMILES string of the molecule is CCCCC/C=C\C/C=C\C/C=C\C/C=C\CCCCCC(=O)OC[C@H](COP(=O)(O)OCC[N+](C)(C)C)OC(=O)CCCC(O)/C=C/C=C/C/C=C/CCCCCCCC. The van der Waals surface area contributed by atoms with Gasteiger partial charge in [0.1, 0.15) is 19.8 Å². The number of phosphoric ester groups is 1. The van der Waals surface area contributed by atoms with Crippen LogP contribution >= 0.6 is 7.82 Å². The predicted octanol–water partition coefficient (Wildman–Crippen LogP) is 12.5. The summed E-state index contributed by atoms with van der Waals surface area (Å²) in [6.45, 7) is 4.11. The van der Waals surface area contributed by atoms with E-state index >= 15 is 0 Å². The largest absolute Gasteiger partial charge is 0.472 e. The van der Waals surface area contributed by atoms with Crippen LogP contribution in [0.1, 0.15) is 162 Å². The van der Waals surface area contributed by atoms with Crippen LogP contribution in [0.15, 0.2) is 85.1 Å². The van der Waals surface area contributed by atoms with E-state index in [-0.39, 0.29) is 26.1 Å². The topological polar surface area (TPSA) is 129 Å². The zero-order chi connectivity index (χ0) is 45.1. The number of unbranched alkanes of at least 4 members (excludes halogenated alkanes) is 12. The van der Waals surface area contributed by atoms with Crippen LogP contribution in [0.25, 0.3) is 0 Å². The number of likely N-dealkylation sites (N-methyl/N-ethyl adjacent to an activating group) is 1. The molecule has 2 N–H and O–H groups in total. The van der Waals surface area contributed by atoms with E-state index in [1.54, 1.807) is 12.2 Å². The lowest BCUT2D eigenvalue weighted by Gasteiger charge is -2.24. The molecule has 10 nitrogen and oxygen atoms in total. The van der Waals surface area contributed by atoms with Crippen molar-refractivity contribution in [2.75, 3.05) is 47.5 Å². The number of carbonyl (C=O) groups is 2. The average Bonchev–Trinajstić information content (AvgIpc) is 3.21. The number of aliphatic hydroxyl groups is 1. The molecule has 0 aliphatic carbocycles. The predicted molar refractivity (Wildman–Crippen MR) is 253 cm³/mol. The highest BCUT2D eigenvalue weighted by Gasteiger charge is 2.27. The zero-order valence-electron chi connectivity index (χ0n) is 39.0. The van der Waals surface area contributed by atoms with E-state index in [1.807, 2.05) is 33.3 Å². The number of hydrogen-bond acceptors (Lipinski definition) is 8. The summed E-state index contributed by atoms with van der Waals surface area (Å²) in [7, 11) is 1.33. The van der Waals surface area contributed by atoms with Crippen molar-refractivity contribution in [3.05, 3.63) is 85.1 Å². The summed E-state index contributed by atoms with van der Waals surface area (Å²) in [5.41, 5.74) is 0. The minimum absolute atomic E-state index is 0.00477. The molecule has 11 heteroatoms. The van der Waals surface area contributed by atoms with E-state index in [9.17, 15) is 24.2 Å². The molecule has 0 aliphatic rings. The summed E-state index contributed by atoms with van der Waals surface area (Å²) < 4.78 is 34.1. The molecule has 0 fully saturated rings. The van der Waals surface area contributed by atoms with E-state index in [1.165, 1.54) is 64.2 Å². The number of phosphoric acid groups is 1. The summed E-state index contributed by atoms with van der Waals surface area (Å²) in [6, 6.07) is 0. The third kappa shape index (κ3) is 45.0. The van der Waals surface area contributed by atoms with Crippen LogP contribution in [-0.4, -0.2) is 86.1 Å². The summed E-state index contributed by atoms with van der Waals surface area (Å²) in [5.74, 6) is -1.04. The van der Waals surface area contributed by atoms with Gasteiger partial charge in [-0.25, -0.2) is 4.57 Å². The van der Waals surface area contributed by atoms with Crippen LogP contribution in [0.3, 0.4) is 0 Å². The van der Waals surface area contributed by atoms with Crippen molar-refractivity contribution in [3.8, 4) is 0 Å². The Balaban J connectivity index is 4.58. The van der Waals surface area contributed by atoms with E-state index in [2.05, 4.69) is 74.6 Å². The maximum Gasteiger partial charge on any atom is 0.472 e. The first-order valence-corrected chi connectivity index (χ1v) is 24.9. The standard InChI is InChI=1S/C50H86NO9P/c1-6-8-10-12-14-16-18-20-21-22-23-24-25-27-29-31-33-35-37-41-49(53)57-45-48(46-59-61(55,56)58-44-43-51(3,4)5)60-50(54)42-38-40-47(52)39-36-34-32-30-28-26-19-17-15-13-11-9-7-2/h14,16,20-21,23-24,26-29,32,34,36,39,47-48,52H,6-13,15,17-19,22,25,30-31,33,35,37-38,40-46H2,1-5H3/p+1/b16-14-,21-20-,24-23-,28-26+,29-27-,34-32+,39-36+/t47?,48-/m1/s1. The third-order valence-corrected chi connectivity index (χ3v) is 10.5. The van der Waals surface area contributed by atoms with Gasteiger partial charge in [-0.15, -0.1) is 0 Å². The molecule has 0 saturated heterocycles. The lowest BCUT2D eigenvalue weighted by Crippen LogP contribution is -2.37. The van der Waals surface area contributed by atoms with Crippen molar-refractivity contribution in [2.45, 2.75) is 174 Å². The van der Waals surface area contributed by atoms with Gasteiger partial charge >= 0.3 is 19.8 Å². The van der Waals surface area contributed by atoms with Gasteiger partial charge < -0.3 is 24.0 Å². The Labute approximate surface area is 372 Å². The number of ether oxygens (including phenoxy) is 2. The molecule has 0 heterocycles. The molecule has 0 aromatic heterocycles. The molecule has 350 valence electrons. The second-order valence-corrected chi connectivity index (χ2v) is 18.1. The minimum atomic E-state index is -4.44. The fourth-order valence-corrected chi connectivity index (χ4v) is 6.51. The quantitative estimate of drug-likeness (QED) is 0.0154. The number of rotatable bonds is 41. The molecule has 61 heavy (non-hydrogen) atoms. The van der Waals surface area contributed by atoms with Gasteiger partial charge in [0.25, 0.3) is 0 Å². The van der Waals surface area contributed by atoms with Gasteiger partial charge in [-0.2, -0.15) is 0 Å². The fraction of sp³-hybridized carbons (Fsp3) is 0.680. The number of aliphatic hydroxyl groups excluding tert-OH is 1. The Bertz CT molecular complexity index is 1330. The highest BCUT2D eigenvalue weighted by molar-refractivity contribution is 7.47. The second kappa shape index (κ2) is 41.2. The van der Waals surface area contributed by atoms with Gasteiger partial charge in [-0.05, 0) is 83.5 Å².